The molecule has 0 saturated heterocycles. The molecular formula is C16H19N3O4. The highest BCUT2D eigenvalue weighted by atomic mass is 16.5. The lowest BCUT2D eigenvalue weighted by Crippen LogP contribution is -2.49. The van der Waals surface area contributed by atoms with Gasteiger partial charge in [0, 0.05) is 6.07 Å². The molecule has 1 heterocycles. The maximum Gasteiger partial charge on any atom is 0.328 e. The standard InChI is InChI=1S/C16H19N3O4/c1-9(2)13(16(21)23-4)18-15(20)14-10(3)17-11-7-5-6-8-12(11)19(14)22/h5-9,13H,1-4H3,(H,18,20). The Morgan fingerprint density at radius 2 is 1.96 bits per heavy atom. The third-order valence-corrected chi connectivity index (χ3v) is 3.56. The van der Waals surface area contributed by atoms with Gasteiger partial charge in [-0.15, -0.1) is 0 Å². The van der Waals surface area contributed by atoms with Crippen molar-refractivity contribution in [2.45, 2.75) is 26.8 Å². The average molecular weight is 317 g/mol. The second-order valence-electron chi connectivity index (χ2n) is 5.55. The van der Waals surface area contributed by atoms with Gasteiger partial charge < -0.3 is 15.3 Å². The summed E-state index contributed by atoms with van der Waals surface area (Å²) < 4.78 is 5.23. The predicted molar refractivity (Wildman–Crippen MR) is 83.5 cm³/mol. The van der Waals surface area contributed by atoms with Crippen LogP contribution < -0.4 is 10.0 Å². The van der Waals surface area contributed by atoms with Gasteiger partial charge in [0.15, 0.2) is 0 Å². The zero-order valence-corrected chi connectivity index (χ0v) is 13.5. The summed E-state index contributed by atoms with van der Waals surface area (Å²) in [4.78, 5) is 28.5. The summed E-state index contributed by atoms with van der Waals surface area (Å²) in [6.07, 6.45) is 0. The van der Waals surface area contributed by atoms with Crippen molar-refractivity contribution in [3.05, 3.63) is 40.9 Å². The molecular weight excluding hydrogens is 298 g/mol. The molecule has 1 atom stereocenters. The number of fused-ring (bicyclic) bond motifs is 1. The number of carbonyl (C=O) groups excluding carboxylic acids is 2. The van der Waals surface area contributed by atoms with Crippen LogP contribution in [0, 0.1) is 18.0 Å². The number of aromatic nitrogens is 2. The lowest BCUT2D eigenvalue weighted by molar-refractivity contribution is -0.580. The fourth-order valence-corrected chi connectivity index (χ4v) is 2.32. The third-order valence-electron chi connectivity index (χ3n) is 3.56. The zero-order valence-electron chi connectivity index (χ0n) is 13.5. The number of amides is 1. The summed E-state index contributed by atoms with van der Waals surface area (Å²) in [5, 5.41) is 15.0. The second-order valence-corrected chi connectivity index (χ2v) is 5.55. The van der Waals surface area contributed by atoms with Crippen LogP contribution in [0.1, 0.15) is 30.0 Å². The quantitative estimate of drug-likeness (QED) is 0.517. The van der Waals surface area contributed by atoms with Crippen molar-refractivity contribution < 1.29 is 19.1 Å². The molecule has 0 fully saturated rings. The number of esters is 1. The van der Waals surface area contributed by atoms with E-state index in [1.165, 1.54) is 7.11 Å². The van der Waals surface area contributed by atoms with Crippen molar-refractivity contribution in [3.63, 3.8) is 0 Å². The van der Waals surface area contributed by atoms with E-state index in [1.807, 2.05) is 0 Å². The summed E-state index contributed by atoms with van der Waals surface area (Å²) in [6, 6.07) is 5.91. The molecule has 0 saturated carbocycles. The highest BCUT2D eigenvalue weighted by Crippen LogP contribution is 2.11. The van der Waals surface area contributed by atoms with Gasteiger partial charge in [0.25, 0.3) is 0 Å². The summed E-state index contributed by atoms with van der Waals surface area (Å²) in [5.41, 5.74) is 0.967. The molecule has 0 radical (unpaired) electrons. The van der Waals surface area contributed by atoms with E-state index in [0.717, 1.165) is 0 Å². The molecule has 0 aliphatic rings. The van der Waals surface area contributed by atoms with Gasteiger partial charge in [-0.1, -0.05) is 26.0 Å². The highest BCUT2D eigenvalue weighted by Gasteiger charge is 2.30. The van der Waals surface area contributed by atoms with Crippen molar-refractivity contribution in [3.8, 4) is 0 Å². The molecule has 2 aromatic rings. The van der Waals surface area contributed by atoms with Gasteiger partial charge >= 0.3 is 17.6 Å². The van der Waals surface area contributed by atoms with E-state index in [2.05, 4.69) is 15.0 Å². The Hall–Kier alpha value is -2.70. The molecule has 1 aromatic carbocycles. The van der Waals surface area contributed by atoms with E-state index in [4.69, 9.17) is 0 Å². The minimum absolute atomic E-state index is 0.127. The second kappa shape index (κ2) is 6.60. The molecule has 0 aliphatic heterocycles. The highest BCUT2D eigenvalue weighted by molar-refractivity contribution is 5.95. The maximum atomic E-state index is 12.5. The molecule has 2 rings (SSSR count). The van der Waals surface area contributed by atoms with Crippen LogP contribution in [0.25, 0.3) is 11.0 Å². The molecule has 23 heavy (non-hydrogen) atoms. The van der Waals surface area contributed by atoms with Crippen molar-refractivity contribution in [1.82, 2.24) is 10.3 Å². The van der Waals surface area contributed by atoms with Crippen LogP contribution in [0.15, 0.2) is 24.3 Å². The molecule has 1 unspecified atom stereocenters. The normalized spacial score (nSPS) is 12.2. The van der Waals surface area contributed by atoms with Gasteiger partial charge in [-0.05, 0) is 18.9 Å². The lowest BCUT2D eigenvalue weighted by Gasteiger charge is -2.19. The molecule has 1 N–H and O–H groups in total. The summed E-state index contributed by atoms with van der Waals surface area (Å²) in [6.45, 7) is 5.13. The topological polar surface area (TPSA) is 95.2 Å². The van der Waals surface area contributed by atoms with Gasteiger partial charge in [0.05, 0.1) is 7.11 Å². The Bertz CT molecular complexity index is 758. The molecule has 1 amide bonds. The Morgan fingerprint density at radius 3 is 2.57 bits per heavy atom. The molecule has 7 nitrogen and oxygen atoms in total. The molecule has 1 aromatic heterocycles. The predicted octanol–water partition coefficient (Wildman–Crippen LogP) is 1.10. The zero-order chi connectivity index (χ0) is 17.1. The van der Waals surface area contributed by atoms with Crippen LogP contribution >= 0.6 is 0 Å². The van der Waals surface area contributed by atoms with Crippen LogP contribution in [-0.2, 0) is 9.53 Å². The molecule has 0 spiro atoms. The number of hydrogen-bond acceptors (Lipinski definition) is 5. The van der Waals surface area contributed by atoms with Gasteiger partial charge in [-0.25, -0.2) is 9.78 Å². The Balaban J connectivity index is 2.43. The molecule has 0 bridgehead atoms. The van der Waals surface area contributed by atoms with Crippen LogP contribution in [0.3, 0.4) is 0 Å². The van der Waals surface area contributed by atoms with E-state index in [-0.39, 0.29) is 11.6 Å². The van der Waals surface area contributed by atoms with Gasteiger partial charge in [-0.2, -0.15) is 4.73 Å². The number of rotatable bonds is 4. The lowest BCUT2D eigenvalue weighted by atomic mass is 10.0. The number of ether oxygens (including phenoxy) is 1. The summed E-state index contributed by atoms with van der Waals surface area (Å²) >= 11 is 0. The monoisotopic (exact) mass is 317 g/mol. The van der Waals surface area contributed by atoms with Crippen LogP contribution in [0.5, 0.6) is 0 Å². The summed E-state index contributed by atoms with van der Waals surface area (Å²) in [5.74, 6) is -1.39. The van der Waals surface area contributed by atoms with Crippen molar-refractivity contribution >= 4 is 22.9 Å². The first-order chi connectivity index (χ1) is 10.9. The van der Waals surface area contributed by atoms with E-state index >= 15 is 0 Å². The fourth-order valence-electron chi connectivity index (χ4n) is 2.32. The first-order valence-electron chi connectivity index (χ1n) is 7.24. The van der Waals surface area contributed by atoms with Gasteiger partial charge in [-0.3, -0.25) is 4.79 Å². The van der Waals surface area contributed by atoms with Crippen molar-refractivity contribution in [2.75, 3.05) is 7.11 Å². The van der Waals surface area contributed by atoms with E-state index < -0.39 is 17.9 Å². The third kappa shape index (κ3) is 3.23. The smallest absolute Gasteiger partial charge is 0.328 e. The largest absolute Gasteiger partial charge is 0.618 e. The number of nitrogens with zero attached hydrogens (tertiary/aromatic N) is 2. The minimum atomic E-state index is -0.835. The molecule has 122 valence electrons. The number of nitrogens with one attached hydrogen (secondary N) is 1. The van der Waals surface area contributed by atoms with E-state index in [0.29, 0.717) is 21.5 Å². The van der Waals surface area contributed by atoms with Crippen molar-refractivity contribution in [2.24, 2.45) is 5.92 Å². The Kier molecular flexibility index (Phi) is 4.78. The molecule has 0 aliphatic carbocycles. The van der Waals surface area contributed by atoms with Crippen LogP contribution in [0.4, 0.5) is 0 Å². The average Bonchev–Trinajstić information content (AvgIpc) is 2.51. The van der Waals surface area contributed by atoms with Crippen LogP contribution in [0.2, 0.25) is 0 Å². The number of hydrogen-bond donors (Lipinski definition) is 1. The Morgan fingerprint density at radius 1 is 1.30 bits per heavy atom. The van der Waals surface area contributed by atoms with E-state index in [9.17, 15) is 14.8 Å². The van der Waals surface area contributed by atoms with E-state index in [1.54, 1.807) is 45.0 Å². The number of aryl methyl sites for hydroxylation is 1. The molecule has 7 heteroatoms. The number of carbonyl (C=O) groups is 2. The SMILES string of the molecule is COC(=O)C(NC(=O)c1c(C)nc2ccccc2[n+]1[O-])C(C)C. The van der Waals surface area contributed by atoms with Gasteiger partial charge in [0.2, 0.25) is 5.52 Å². The number of para-hydroxylation sites is 2. The first-order valence-corrected chi connectivity index (χ1v) is 7.24. The van der Waals surface area contributed by atoms with Gasteiger partial charge in [0.1, 0.15) is 17.3 Å². The number of methoxy groups -OCH3 is 1. The first kappa shape index (κ1) is 16.7. The van der Waals surface area contributed by atoms with Crippen molar-refractivity contribution in [1.29, 1.82) is 0 Å². The Labute approximate surface area is 133 Å². The fraction of sp³-hybridized carbons (Fsp3) is 0.375. The summed E-state index contributed by atoms with van der Waals surface area (Å²) in [7, 11) is 1.25. The number of benzene rings is 1. The minimum Gasteiger partial charge on any atom is -0.618 e. The van der Waals surface area contributed by atoms with Crippen LogP contribution in [-0.4, -0.2) is 30.0 Å². The maximum absolute atomic E-state index is 12.5.